The van der Waals surface area contributed by atoms with Crippen LogP contribution in [0.15, 0.2) is 82.2 Å². The van der Waals surface area contributed by atoms with Crippen LogP contribution in [0.5, 0.6) is 5.75 Å². The molecule has 0 saturated heterocycles. The predicted molar refractivity (Wildman–Crippen MR) is 141 cm³/mol. The lowest BCUT2D eigenvalue weighted by Gasteiger charge is -2.25. The highest BCUT2D eigenvalue weighted by Gasteiger charge is 2.34. The second-order valence-corrected chi connectivity index (χ2v) is 9.47. The van der Waals surface area contributed by atoms with E-state index in [0.717, 1.165) is 35.5 Å². The van der Waals surface area contributed by atoms with Gasteiger partial charge in [0.15, 0.2) is 0 Å². The Hall–Kier alpha value is -3.58. The van der Waals surface area contributed by atoms with Crippen molar-refractivity contribution >= 4 is 17.4 Å². The van der Waals surface area contributed by atoms with Crippen LogP contribution in [-0.2, 0) is 13.0 Å². The van der Waals surface area contributed by atoms with E-state index in [0.29, 0.717) is 29.2 Å². The van der Waals surface area contributed by atoms with E-state index in [2.05, 4.69) is 4.37 Å². The van der Waals surface area contributed by atoms with Crippen molar-refractivity contribution < 1.29 is 19.4 Å². The molecule has 2 aromatic carbocycles. The largest absolute Gasteiger partial charge is 0.493 e. The van der Waals surface area contributed by atoms with E-state index in [4.69, 9.17) is 14.6 Å². The fourth-order valence-electron chi connectivity index (χ4n) is 4.07. The number of nitrogens with one attached hydrogen (secondary N) is 1. The molecule has 1 N–H and O–H groups in total. The van der Waals surface area contributed by atoms with Crippen LogP contribution in [-0.4, -0.2) is 27.8 Å². The van der Waals surface area contributed by atoms with E-state index in [1.54, 1.807) is 60.7 Å². The topological polar surface area (TPSA) is 75.5 Å². The average molecular weight is 507 g/mol. The molecule has 0 radical (unpaired) electrons. The van der Waals surface area contributed by atoms with Crippen LogP contribution < -0.4 is 10.3 Å². The fourth-order valence-corrected chi connectivity index (χ4v) is 4.77. The molecule has 36 heavy (non-hydrogen) atoms. The Morgan fingerprint density at radius 1 is 1.14 bits per heavy atom. The molecule has 1 fully saturated rings. The number of unbranched alkanes of at least 4 members (excludes halogenated alkanes) is 2. The number of aromatic amines is 1. The Bertz CT molecular complexity index is 1520. The number of rotatable bonds is 12. The van der Waals surface area contributed by atoms with Crippen LogP contribution in [0.1, 0.15) is 58.3 Å². The van der Waals surface area contributed by atoms with Crippen LogP contribution in [0.3, 0.4) is 0 Å². The predicted octanol–water partition coefficient (Wildman–Crippen LogP) is 6.29. The van der Waals surface area contributed by atoms with Gasteiger partial charge in [-0.25, -0.2) is 0 Å². The number of aromatic nitrogens is 1. The Balaban J connectivity index is 1.32. The number of aryl methyl sites for hydroxylation is 1. The molecular weight excluding hydrogens is 472 g/mol. The lowest BCUT2D eigenvalue weighted by atomic mass is 10.0. The number of hydrogen-bond donors (Lipinski definition) is 1. The van der Waals surface area contributed by atoms with Crippen LogP contribution in [0.4, 0.5) is 0 Å². The molecule has 5 rings (SSSR count). The number of ether oxygens (including phenoxy) is 1. The molecule has 2 heterocycles. The van der Waals surface area contributed by atoms with E-state index in [1.807, 2.05) is 6.07 Å². The van der Waals surface area contributed by atoms with Crippen molar-refractivity contribution in [2.75, 3.05) is 6.61 Å². The maximum Gasteiger partial charge on any atom is 0.258 e. The number of nitrogens with zero attached hydrogens (tertiary/aromatic N) is 1. The average Bonchev–Trinajstić information content (AvgIpc) is 3.49. The Labute approximate surface area is 220 Å². The van der Waals surface area contributed by atoms with E-state index >= 15 is 0 Å². The number of hydrogen-bond acceptors (Lipinski definition) is 5. The van der Waals surface area contributed by atoms with Crippen LogP contribution in [0.2, 0.25) is 0 Å². The Morgan fingerprint density at radius 3 is 2.75 bits per heavy atom. The van der Waals surface area contributed by atoms with Gasteiger partial charge in [-0.3, -0.25) is 14.0 Å². The molecule has 2 aromatic heterocycles. The third kappa shape index (κ3) is 5.97. The zero-order chi connectivity index (χ0) is 28.3. The van der Waals surface area contributed by atoms with Gasteiger partial charge in [0, 0.05) is 38.7 Å². The summed E-state index contributed by atoms with van der Waals surface area (Å²) in [6.07, 6.45) is 1.38. The minimum absolute atomic E-state index is 0.0672. The van der Waals surface area contributed by atoms with Gasteiger partial charge >= 0.3 is 0 Å². The van der Waals surface area contributed by atoms with Crippen LogP contribution in [0, 0.1) is 0 Å². The van der Waals surface area contributed by atoms with E-state index in [9.17, 15) is 9.59 Å². The summed E-state index contributed by atoms with van der Waals surface area (Å²) in [4.78, 5) is 27.4. The van der Waals surface area contributed by atoms with Gasteiger partial charge < -0.3 is 14.1 Å². The third-order valence-electron chi connectivity index (χ3n) is 5.95. The third-order valence-corrected chi connectivity index (χ3v) is 6.84. The number of carbonyl (C=O) groups is 1. The lowest BCUT2D eigenvalue weighted by molar-refractivity contribution is 0.0729. The smallest absolute Gasteiger partial charge is 0.258 e. The molecule has 1 aliphatic carbocycles. The van der Waals surface area contributed by atoms with Crippen molar-refractivity contribution in [3.63, 3.8) is 0 Å². The maximum atomic E-state index is 14.0. The molecule has 0 spiro atoms. The van der Waals surface area contributed by atoms with Gasteiger partial charge in [0.25, 0.3) is 11.5 Å². The van der Waals surface area contributed by atoms with Crippen molar-refractivity contribution in [1.82, 2.24) is 9.27 Å². The first kappa shape index (κ1) is 19.6. The minimum Gasteiger partial charge on any atom is -0.493 e. The summed E-state index contributed by atoms with van der Waals surface area (Å²) in [5.41, 5.74) is 1.36. The Kier molecular flexibility index (Phi) is 6.22. The second kappa shape index (κ2) is 11.4. The molecule has 2 atom stereocenters. The van der Waals surface area contributed by atoms with Crippen LogP contribution >= 0.6 is 11.5 Å². The van der Waals surface area contributed by atoms with E-state index in [-0.39, 0.29) is 17.7 Å². The molecule has 1 aliphatic rings. The molecule has 1 amide bonds. The molecule has 1 saturated carbocycles. The molecule has 2 unspecified atom stereocenters. The monoisotopic (exact) mass is 506 g/mol. The number of carbonyl (C=O) groups excluding carboxylic acids is 1. The highest BCUT2D eigenvalue weighted by atomic mass is 32.1. The number of para-hydroxylation sites is 1. The number of benzene rings is 2. The highest BCUT2D eigenvalue weighted by Crippen LogP contribution is 2.34. The van der Waals surface area contributed by atoms with E-state index in [1.165, 1.54) is 17.8 Å². The summed E-state index contributed by atoms with van der Waals surface area (Å²) in [6, 6.07) is 17.1. The van der Waals surface area contributed by atoms with Crippen molar-refractivity contribution in [3.8, 4) is 17.1 Å². The number of H-pyrrole nitrogens is 1. The lowest BCUT2D eigenvalue weighted by Crippen LogP contribution is -2.33. The van der Waals surface area contributed by atoms with Crippen molar-refractivity contribution in [2.45, 2.75) is 51.0 Å². The van der Waals surface area contributed by atoms with Crippen molar-refractivity contribution in [1.29, 1.82) is 0 Å². The summed E-state index contributed by atoms with van der Waals surface area (Å²) in [5.74, 6) is 0.482. The SMILES string of the molecule is [2H]C1C([2H])([2H])C1([2H])N(Cc1ccccc1OCCCCCc1cc(=O)[nH]s1)C(=O)c1ccccc1-c1ccco1. The summed E-state index contributed by atoms with van der Waals surface area (Å²) in [5, 5.41) is 0. The molecular formula is C29H30N2O4S. The maximum absolute atomic E-state index is 14.0. The first-order valence-electron chi connectivity index (χ1n) is 14.1. The first-order valence-corrected chi connectivity index (χ1v) is 12.8. The van der Waals surface area contributed by atoms with Gasteiger partial charge in [0.1, 0.15) is 11.5 Å². The van der Waals surface area contributed by atoms with Crippen molar-refractivity contribution in [3.05, 3.63) is 99.4 Å². The normalized spacial score (nSPS) is 21.6. The molecule has 186 valence electrons. The van der Waals surface area contributed by atoms with Gasteiger partial charge in [-0.2, -0.15) is 0 Å². The summed E-state index contributed by atoms with van der Waals surface area (Å²) in [7, 11) is 0. The van der Waals surface area contributed by atoms with Gasteiger partial charge in [0.2, 0.25) is 0 Å². The molecule has 4 aromatic rings. The molecule has 7 heteroatoms. The van der Waals surface area contributed by atoms with Crippen LogP contribution in [0.25, 0.3) is 11.3 Å². The number of amides is 1. The zero-order valence-corrected chi connectivity index (χ0v) is 20.6. The summed E-state index contributed by atoms with van der Waals surface area (Å²) < 4.78 is 48.0. The minimum atomic E-state index is -2.19. The molecule has 0 bridgehead atoms. The standard InChI is InChI=1S/C29H30N2O4S/c32-28-19-23(36-30-28)10-2-1-7-17-34-26-13-6-3-9-21(26)20-31(22-15-16-22)29(33)25-12-5-4-11-24(25)27-14-8-18-35-27/h3-6,8-9,11-14,18-19,22H,1-2,7,10,15-17,20H2,(H,30,32)/i15D,16D2,22D. The second-order valence-electron chi connectivity index (χ2n) is 8.53. The number of furan rings is 1. The Morgan fingerprint density at radius 2 is 1.97 bits per heavy atom. The zero-order valence-electron chi connectivity index (χ0n) is 23.7. The summed E-state index contributed by atoms with van der Waals surface area (Å²) in [6.45, 7) is 0.357. The van der Waals surface area contributed by atoms with Crippen molar-refractivity contribution in [2.24, 2.45) is 0 Å². The van der Waals surface area contributed by atoms with Gasteiger partial charge in [-0.1, -0.05) is 47.9 Å². The quantitative estimate of drug-likeness (QED) is 0.229. The first-order chi connectivity index (χ1) is 19.2. The van der Waals surface area contributed by atoms with Gasteiger partial charge in [0.05, 0.1) is 19.8 Å². The fraction of sp³-hybridized carbons (Fsp3) is 0.310. The van der Waals surface area contributed by atoms with E-state index < -0.39 is 24.7 Å². The molecule has 0 aliphatic heterocycles. The summed E-state index contributed by atoms with van der Waals surface area (Å²) >= 11 is 1.36. The molecule has 6 nitrogen and oxygen atoms in total. The van der Waals surface area contributed by atoms with Gasteiger partial charge in [-0.15, -0.1) is 0 Å². The van der Waals surface area contributed by atoms with Gasteiger partial charge in [-0.05, 0) is 62.7 Å². The highest BCUT2D eigenvalue weighted by molar-refractivity contribution is 7.05.